The molecule has 1 heterocycles. The molecule has 0 saturated heterocycles. The molecular formula is C10H17N5O. The monoisotopic (exact) mass is 223 g/mol. The minimum atomic E-state index is -0.468. The minimum Gasteiger partial charge on any atom is -0.393 e. The van der Waals surface area contributed by atoms with Crippen molar-refractivity contribution in [2.24, 2.45) is 0 Å². The lowest BCUT2D eigenvalue weighted by Crippen LogP contribution is -2.26. The Kier molecular flexibility index (Phi) is 2.98. The second-order valence-corrected chi connectivity index (χ2v) is 4.20. The Bertz CT molecular complexity index is 422. The third kappa shape index (κ3) is 2.26. The topological polar surface area (TPSA) is 110 Å². The standard InChI is InChI=1S/C10H17N5O/c11-7-8(12)14-10(16)15-9(7)13-6-4-2-1-3-5-6/h6H,1-5,11H2,(H4,12,13,14,15,16). The fraction of sp³-hybridized carbons (Fsp3) is 0.600. The smallest absolute Gasteiger partial charge is 0.348 e. The summed E-state index contributed by atoms with van der Waals surface area (Å²) in [5.74, 6) is 0.589. The summed E-state index contributed by atoms with van der Waals surface area (Å²) in [6, 6.07) is 0.352. The van der Waals surface area contributed by atoms with Crippen molar-refractivity contribution in [3.63, 3.8) is 0 Å². The molecule has 0 atom stereocenters. The SMILES string of the molecule is Nc1[nH]c(=O)nc(NC2CCCCC2)c1N. The summed E-state index contributed by atoms with van der Waals surface area (Å²) in [5.41, 5.74) is 11.2. The van der Waals surface area contributed by atoms with Crippen molar-refractivity contribution in [3.05, 3.63) is 10.5 Å². The number of nitrogen functional groups attached to an aromatic ring is 2. The van der Waals surface area contributed by atoms with Crippen molar-refractivity contribution in [2.45, 2.75) is 38.1 Å². The Morgan fingerprint density at radius 1 is 1.25 bits per heavy atom. The van der Waals surface area contributed by atoms with E-state index >= 15 is 0 Å². The van der Waals surface area contributed by atoms with Crippen LogP contribution in [0.3, 0.4) is 0 Å². The van der Waals surface area contributed by atoms with E-state index in [1.807, 2.05) is 0 Å². The third-order valence-corrected chi connectivity index (χ3v) is 2.95. The van der Waals surface area contributed by atoms with Crippen LogP contribution in [0.2, 0.25) is 0 Å². The lowest BCUT2D eigenvalue weighted by molar-refractivity contribution is 0.462. The maximum atomic E-state index is 11.2. The molecule has 88 valence electrons. The molecule has 0 spiro atoms. The second-order valence-electron chi connectivity index (χ2n) is 4.20. The van der Waals surface area contributed by atoms with Crippen molar-refractivity contribution in [3.8, 4) is 0 Å². The summed E-state index contributed by atoms with van der Waals surface area (Å²) in [4.78, 5) is 17.3. The molecule has 1 fully saturated rings. The number of aromatic nitrogens is 2. The predicted octanol–water partition coefficient (Wildman–Crippen LogP) is 0.679. The Hall–Kier alpha value is -1.72. The van der Waals surface area contributed by atoms with Crippen molar-refractivity contribution in [1.29, 1.82) is 0 Å². The minimum absolute atomic E-state index is 0.179. The van der Waals surface area contributed by atoms with Crippen molar-refractivity contribution in [2.75, 3.05) is 16.8 Å². The van der Waals surface area contributed by atoms with E-state index in [0.717, 1.165) is 12.8 Å². The average Bonchev–Trinajstić information content (AvgIpc) is 2.27. The van der Waals surface area contributed by atoms with E-state index in [1.54, 1.807) is 0 Å². The van der Waals surface area contributed by atoms with Crippen LogP contribution in [0.1, 0.15) is 32.1 Å². The first-order chi connectivity index (χ1) is 7.66. The third-order valence-electron chi connectivity index (χ3n) is 2.95. The van der Waals surface area contributed by atoms with Crippen molar-refractivity contribution in [1.82, 2.24) is 9.97 Å². The normalized spacial score (nSPS) is 17.2. The molecule has 6 N–H and O–H groups in total. The average molecular weight is 223 g/mol. The Morgan fingerprint density at radius 3 is 2.62 bits per heavy atom. The molecule has 0 amide bonds. The lowest BCUT2D eigenvalue weighted by Gasteiger charge is -2.23. The molecule has 1 aromatic heterocycles. The summed E-state index contributed by atoms with van der Waals surface area (Å²) >= 11 is 0. The number of hydrogen-bond donors (Lipinski definition) is 4. The van der Waals surface area contributed by atoms with Crippen LogP contribution in [0, 0.1) is 0 Å². The summed E-state index contributed by atoms with van der Waals surface area (Å²) in [6.45, 7) is 0. The van der Waals surface area contributed by atoms with Gasteiger partial charge in [-0.05, 0) is 12.8 Å². The molecule has 0 aromatic carbocycles. The maximum Gasteiger partial charge on any atom is 0.348 e. The first kappa shape index (κ1) is 10.8. The zero-order valence-electron chi connectivity index (χ0n) is 9.12. The molecular weight excluding hydrogens is 206 g/mol. The molecule has 0 bridgehead atoms. The molecule has 1 aliphatic rings. The highest BCUT2D eigenvalue weighted by Crippen LogP contribution is 2.24. The van der Waals surface area contributed by atoms with E-state index in [9.17, 15) is 4.79 Å². The van der Waals surface area contributed by atoms with E-state index in [1.165, 1.54) is 19.3 Å². The number of nitrogens with one attached hydrogen (secondary N) is 2. The van der Waals surface area contributed by atoms with Crippen LogP contribution >= 0.6 is 0 Å². The van der Waals surface area contributed by atoms with Crippen LogP contribution in [0.15, 0.2) is 4.79 Å². The fourth-order valence-corrected chi connectivity index (χ4v) is 2.05. The number of aromatic amines is 1. The number of nitrogens with zero attached hydrogens (tertiary/aromatic N) is 1. The molecule has 1 aromatic rings. The predicted molar refractivity (Wildman–Crippen MR) is 64.2 cm³/mol. The number of rotatable bonds is 2. The van der Waals surface area contributed by atoms with Crippen LogP contribution in [-0.4, -0.2) is 16.0 Å². The van der Waals surface area contributed by atoms with Crippen molar-refractivity contribution < 1.29 is 0 Å². The lowest BCUT2D eigenvalue weighted by atomic mass is 9.95. The van der Waals surface area contributed by atoms with Gasteiger partial charge in [0.1, 0.15) is 11.5 Å². The van der Waals surface area contributed by atoms with Crippen LogP contribution < -0.4 is 22.5 Å². The van der Waals surface area contributed by atoms with Gasteiger partial charge in [-0.2, -0.15) is 4.98 Å². The quantitative estimate of drug-likeness (QED) is 0.589. The molecule has 6 nitrogen and oxygen atoms in total. The van der Waals surface area contributed by atoms with Gasteiger partial charge in [-0.1, -0.05) is 19.3 Å². The van der Waals surface area contributed by atoms with E-state index in [2.05, 4.69) is 15.3 Å². The molecule has 0 aliphatic heterocycles. The molecule has 2 rings (SSSR count). The summed E-state index contributed by atoms with van der Waals surface area (Å²) < 4.78 is 0. The van der Waals surface area contributed by atoms with E-state index in [0.29, 0.717) is 17.5 Å². The van der Waals surface area contributed by atoms with Gasteiger partial charge in [0.15, 0.2) is 5.82 Å². The van der Waals surface area contributed by atoms with Gasteiger partial charge >= 0.3 is 5.69 Å². The van der Waals surface area contributed by atoms with Gasteiger partial charge in [0, 0.05) is 6.04 Å². The second kappa shape index (κ2) is 4.42. The molecule has 0 radical (unpaired) electrons. The summed E-state index contributed by atoms with van der Waals surface area (Å²) in [5, 5.41) is 3.19. The van der Waals surface area contributed by atoms with Gasteiger partial charge in [-0.25, -0.2) is 4.79 Å². The number of anilines is 3. The van der Waals surface area contributed by atoms with Gasteiger partial charge in [-0.3, -0.25) is 4.98 Å². The van der Waals surface area contributed by atoms with Gasteiger partial charge in [0.05, 0.1) is 0 Å². The molecule has 6 heteroatoms. The Morgan fingerprint density at radius 2 is 1.94 bits per heavy atom. The van der Waals surface area contributed by atoms with Crippen molar-refractivity contribution >= 4 is 17.3 Å². The zero-order chi connectivity index (χ0) is 11.5. The van der Waals surface area contributed by atoms with Gasteiger partial charge < -0.3 is 16.8 Å². The maximum absolute atomic E-state index is 11.2. The zero-order valence-corrected chi connectivity index (χ0v) is 9.12. The Labute approximate surface area is 93.4 Å². The molecule has 0 unspecified atom stereocenters. The summed E-state index contributed by atoms with van der Waals surface area (Å²) in [6.07, 6.45) is 5.87. The molecule has 1 aliphatic carbocycles. The van der Waals surface area contributed by atoms with Crippen LogP contribution in [0.5, 0.6) is 0 Å². The van der Waals surface area contributed by atoms with Crippen LogP contribution in [-0.2, 0) is 0 Å². The van der Waals surface area contributed by atoms with Gasteiger partial charge in [0.25, 0.3) is 0 Å². The fourth-order valence-electron chi connectivity index (χ4n) is 2.05. The van der Waals surface area contributed by atoms with E-state index in [-0.39, 0.29) is 5.82 Å². The van der Waals surface area contributed by atoms with Gasteiger partial charge in [0.2, 0.25) is 0 Å². The first-order valence-electron chi connectivity index (χ1n) is 5.58. The number of hydrogen-bond acceptors (Lipinski definition) is 5. The molecule has 16 heavy (non-hydrogen) atoms. The highest BCUT2D eigenvalue weighted by Gasteiger charge is 2.16. The largest absolute Gasteiger partial charge is 0.393 e. The van der Waals surface area contributed by atoms with E-state index < -0.39 is 5.69 Å². The van der Waals surface area contributed by atoms with E-state index in [4.69, 9.17) is 11.5 Å². The highest BCUT2D eigenvalue weighted by atomic mass is 16.1. The molecule has 1 saturated carbocycles. The van der Waals surface area contributed by atoms with Crippen LogP contribution in [0.25, 0.3) is 0 Å². The first-order valence-corrected chi connectivity index (χ1v) is 5.58. The summed E-state index contributed by atoms with van der Waals surface area (Å²) in [7, 11) is 0. The highest BCUT2D eigenvalue weighted by molar-refractivity contribution is 5.72. The van der Waals surface area contributed by atoms with Gasteiger partial charge in [-0.15, -0.1) is 0 Å². The van der Waals surface area contributed by atoms with Crippen LogP contribution in [0.4, 0.5) is 17.3 Å². The number of H-pyrrole nitrogens is 1. The Balaban J connectivity index is 2.16. The number of nitrogens with two attached hydrogens (primary N) is 2.